The Balaban J connectivity index is 1.80. The molecule has 0 atom stereocenters. The molecule has 0 aromatic carbocycles. The number of carbonyl (C=O) groups is 1. The van der Waals surface area contributed by atoms with E-state index < -0.39 is 5.97 Å². The number of rotatable bonds is 4. The van der Waals surface area contributed by atoms with Gasteiger partial charge in [0.15, 0.2) is 5.82 Å². The van der Waals surface area contributed by atoms with Gasteiger partial charge in [0.25, 0.3) is 0 Å². The second-order valence-electron chi connectivity index (χ2n) is 4.73. The molecule has 0 spiro atoms. The first-order valence-corrected chi connectivity index (χ1v) is 6.04. The van der Waals surface area contributed by atoms with Crippen molar-refractivity contribution in [2.75, 3.05) is 5.73 Å². The number of hydrogen-bond donors (Lipinski definition) is 2. The van der Waals surface area contributed by atoms with E-state index in [4.69, 9.17) is 10.8 Å². The molecule has 1 aromatic heterocycles. The second kappa shape index (κ2) is 5.16. The molecule has 0 amide bonds. The Bertz CT molecular complexity index is 383. The highest BCUT2D eigenvalue weighted by Gasteiger charge is 2.23. The Kier molecular flexibility index (Phi) is 3.61. The zero-order valence-electron chi connectivity index (χ0n) is 9.75. The van der Waals surface area contributed by atoms with Crippen molar-refractivity contribution in [1.29, 1.82) is 0 Å². The summed E-state index contributed by atoms with van der Waals surface area (Å²) in [7, 11) is 0. The summed E-state index contributed by atoms with van der Waals surface area (Å²) in [6, 6.07) is 0.376. The second-order valence-corrected chi connectivity index (χ2v) is 4.73. The van der Waals surface area contributed by atoms with Gasteiger partial charge in [-0.2, -0.15) is 0 Å². The first-order chi connectivity index (χ1) is 8.15. The molecule has 0 aliphatic heterocycles. The highest BCUT2D eigenvalue weighted by Crippen LogP contribution is 2.33. The van der Waals surface area contributed by atoms with Gasteiger partial charge < -0.3 is 10.8 Å². The summed E-state index contributed by atoms with van der Waals surface area (Å²) >= 11 is 0. The number of aliphatic carboxylic acids is 1. The summed E-state index contributed by atoms with van der Waals surface area (Å²) in [6.07, 6.45) is 7.05. The van der Waals surface area contributed by atoms with E-state index in [1.165, 1.54) is 0 Å². The third-order valence-corrected chi connectivity index (χ3v) is 3.48. The van der Waals surface area contributed by atoms with Crippen LogP contribution in [-0.2, 0) is 4.79 Å². The zero-order chi connectivity index (χ0) is 12.3. The van der Waals surface area contributed by atoms with Crippen LogP contribution in [0.25, 0.3) is 0 Å². The molecular formula is C11H18N4O2. The van der Waals surface area contributed by atoms with Crippen molar-refractivity contribution in [2.45, 2.75) is 44.6 Å². The van der Waals surface area contributed by atoms with Gasteiger partial charge in [0, 0.05) is 6.42 Å². The number of nitrogen functional groups attached to an aromatic ring is 1. The van der Waals surface area contributed by atoms with Crippen molar-refractivity contribution in [3.05, 3.63) is 6.20 Å². The van der Waals surface area contributed by atoms with Gasteiger partial charge in [0.1, 0.15) is 0 Å². The highest BCUT2D eigenvalue weighted by atomic mass is 16.4. The van der Waals surface area contributed by atoms with E-state index in [9.17, 15) is 4.79 Å². The van der Waals surface area contributed by atoms with Crippen LogP contribution in [0, 0.1) is 5.92 Å². The molecule has 1 aromatic rings. The fraction of sp³-hybridized carbons (Fsp3) is 0.727. The normalized spacial score (nSPS) is 24.7. The summed E-state index contributed by atoms with van der Waals surface area (Å²) in [5.74, 6) is 0.303. The zero-order valence-corrected chi connectivity index (χ0v) is 9.75. The number of carboxylic acids is 1. The van der Waals surface area contributed by atoms with Gasteiger partial charge in [0.05, 0.1) is 12.2 Å². The maximum absolute atomic E-state index is 10.5. The molecule has 3 N–H and O–H groups in total. The van der Waals surface area contributed by atoms with Gasteiger partial charge in [-0.3, -0.25) is 4.79 Å². The van der Waals surface area contributed by atoms with Crippen LogP contribution in [0.4, 0.5) is 5.82 Å². The third kappa shape index (κ3) is 3.18. The molecule has 6 heteroatoms. The van der Waals surface area contributed by atoms with Crippen molar-refractivity contribution in [1.82, 2.24) is 15.0 Å². The minimum Gasteiger partial charge on any atom is -0.481 e. The summed E-state index contributed by atoms with van der Waals surface area (Å²) in [4.78, 5) is 10.5. The van der Waals surface area contributed by atoms with Gasteiger partial charge in [-0.05, 0) is 38.0 Å². The fourth-order valence-electron chi connectivity index (χ4n) is 2.49. The lowest BCUT2D eigenvalue weighted by molar-refractivity contribution is -0.137. The molecule has 2 rings (SSSR count). The van der Waals surface area contributed by atoms with Gasteiger partial charge in [-0.25, -0.2) is 4.68 Å². The van der Waals surface area contributed by atoms with Crippen LogP contribution in [0.1, 0.15) is 44.6 Å². The van der Waals surface area contributed by atoms with Crippen LogP contribution in [0.3, 0.4) is 0 Å². The maximum atomic E-state index is 10.5. The van der Waals surface area contributed by atoms with Crippen LogP contribution in [-0.4, -0.2) is 26.1 Å². The van der Waals surface area contributed by atoms with E-state index in [0.717, 1.165) is 32.1 Å². The van der Waals surface area contributed by atoms with Crippen LogP contribution >= 0.6 is 0 Å². The summed E-state index contributed by atoms with van der Waals surface area (Å²) in [6.45, 7) is 0. The first-order valence-electron chi connectivity index (χ1n) is 6.04. The molecule has 17 heavy (non-hydrogen) atoms. The molecule has 0 saturated heterocycles. The molecule has 1 heterocycles. The quantitative estimate of drug-likeness (QED) is 0.828. The van der Waals surface area contributed by atoms with Crippen LogP contribution in [0.15, 0.2) is 6.20 Å². The summed E-state index contributed by atoms with van der Waals surface area (Å²) in [5.41, 5.74) is 5.53. The van der Waals surface area contributed by atoms with Crippen LogP contribution < -0.4 is 5.73 Å². The van der Waals surface area contributed by atoms with Crippen molar-refractivity contribution >= 4 is 11.8 Å². The third-order valence-electron chi connectivity index (χ3n) is 3.48. The van der Waals surface area contributed by atoms with Crippen molar-refractivity contribution in [3.8, 4) is 0 Å². The Labute approximate surface area is 99.8 Å². The van der Waals surface area contributed by atoms with E-state index in [1.807, 2.05) is 4.68 Å². The van der Waals surface area contributed by atoms with E-state index >= 15 is 0 Å². The number of aromatic nitrogens is 3. The Morgan fingerprint density at radius 2 is 2.18 bits per heavy atom. The van der Waals surface area contributed by atoms with Crippen molar-refractivity contribution in [2.24, 2.45) is 5.92 Å². The van der Waals surface area contributed by atoms with E-state index in [-0.39, 0.29) is 6.42 Å². The fourth-order valence-corrected chi connectivity index (χ4v) is 2.49. The first kappa shape index (κ1) is 11.9. The predicted octanol–water partition coefficient (Wildman–Crippen LogP) is 1.46. The minimum absolute atomic E-state index is 0.283. The predicted molar refractivity (Wildman–Crippen MR) is 62.3 cm³/mol. The van der Waals surface area contributed by atoms with Gasteiger partial charge >= 0.3 is 5.97 Å². The van der Waals surface area contributed by atoms with Gasteiger partial charge in [-0.1, -0.05) is 5.21 Å². The van der Waals surface area contributed by atoms with E-state index in [0.29, 0.717) is 17.8 Å². The summed E-state index contributed by atoms with van der Waals surface area (Å²) < 4.78 is 1.84. The average Bonchev–Trinajstić information content (AvgIpc) is 2.74. The maximum Gasteiger partial charge on any atom is 0.303 e. The Morgan fingerprint density at radius 1 is 1.47 bits per heavy atom. The molecule has 0 bridgehead atoms. The molecule has 94 valence electrons. The monoisotopic (exact) mass is 238 g/mol. The number of nitrogens with two attached hydrogens (primary N) is 1. The van der Waals surface area contributed by atoms with Crippen LogP contribution in [0.5, 0.6) is 0 Å². The van der Waals surface area contributed by atoms with Crippen molar-refractivity contribution < 1.29 is 9.90 Å². The molecule has 1 saturated carbocycles. The Hall–Kier alpha value is -1.59. The number of nitrogens with zero attached hydrogens (tertiary/aromatic N) is 3. The number of anilines is 1. The minimum atomic E-state index is -0.698. The Morgan fingerprint density at radius 3 is 2.71 bits per heavy atom. The summed E-state index contributed by atoms with van der Waals surface area (Å²) in [5, 5.41) is 16.4. The van der Waals surface area contributed by atoms with E-state index in [1.54, 1.807) is 6.20 Å². The molecule has 1 aliphatic carbocycles. The van der Waals surface area contributed by atoms with Gasteiger partial charge in [-0.15, -0.1) is 5.10 Å². The largest absolute Gasteiger partial charge is 0.481 e. The lowest BCUT2D eigenvalue weighted by Gasteiger charge is -2.27. The SMILES string of the molecule is Nc1cn(C2CCC(CCC(=O)O)CC2)nn1. The molecule has 0 unspecified atom stereocenters. The number of carboxylic acid groups (broad SMARTS) is 1. The molecular weight excluding hydrogens is 220 g/mol. The lowest BCUT2D eigenvalue weighted by Crippen LogP contribution is -2.19. The van der Waals surface area contributed by atoms with Gasteiger partial charge in [0.2, 0.25) is 0 Å². The van der Waals surface area contributed by atoms with Crippen molar-refractivity contribution in [3.63, 3.8) is 0 Å². The average molecular weight is 238 g/mol. The number of hydrogen-bond acceptors (Lipinski definition) is 4. The lowest BCUT2D eigenvalue weighted by atomic mass is 9.83. The smallest absolute Gasteiger partial charge is 0.303 e. The highest BCUT2D eigenvalue weighted by molar-refractivity contribution is 5.66. The molecule has 6 nitrogen and oxygen atoms in total. The molecule has 1 fully saturated rings. The molecule has 1 aliphatic rings. The van der Waals surface area contributed by atoms with Crippen LogP contribution in [0.2, 0.25) is 0 Å². The van der Waals surface area contributed by atoms with E-state index in [2.05, 4.69) is 10.3 Å². The topological polar surface area (TPSA) is 94.0 Å². The molecule has 0 radical (unpaired) electrons. The standard InChI is InChI=1S/C11H18N4O2/c12-10-7-15(14-13-10)9-4-1-8(2-5-9)3-6-11(16)17/h7-9H,1-6,12H2,(H,16,17).